The van der Waals surface area contributed by atoms with Gasteiger partial charge in [0.2, 0.25) is 0 Å². The van der Waals surface area contributed by atoms with Crippen molar-refractivity contribution in [3.63, 3.8) is 0 Å². The summed E-state index contributed by atoms with van der Waals surface area (Å²) in [7, 11) is 0. The van der Waals surface area contributed by atoms with Gasteiger partial charge in [-0.05, 0) is 22.8 Å². The van der Waals surface area contributed by atoms with Crippen LogP contribution in [-0.2, 0) is 11.3 Å². The van der Waals surface area contributed by atoms with E-state index in [1.807, 2.05) is 60.7 Å². The molecule has 110 valence electrons. The van der Waals surface area contributed by atoms with Crippen molar-refractivity contribution in [3.05, 3.63) is 107 Å². The van der Waals surface area contributed by atoms with Crippen LogP contribution < -0.4 is 0 Å². The van der Waals surface area contributed by atoms with Crippen molar-refractivity contribution in [1.29, 1.82) is 0 Å². The van der Waals surface area contributed by atoms with Gasteiger partial charge in [-0.2, -0.15) is 0 Å². The van der Waals surface area contributed by atoms with E-state index < -0.39 is 0 Å². The summed E-state index contributed by atoms with van der Waals surface area (Å²) in [6, 6.07) is 28.3. The summed E-state index contributed by atoms with van der Waals surface area (Å²) in [5, 5.41) is 0.738. The molecule has 0 N–H and O–H groups in total. The van der Waals surface area contributed by atoms with Gasteiger partial charge in [-0.3, -0.25) is 0 Å². The van der Waals surface area contributed by atoms with Crippen LogP contribution in [0.15, 0.2) is 84.9 Å². The van der Waals surface area contributed by atoms with Gasteiger partial charge in [0.05, 0.1) is 6.61 Å². The molecule has 0 bridgehead atoms. The van der Waals surface area contributed by atoms with Crippen molar-refractivity contribution in [1.82, 2.24) is 0 Å². The average molecular weight is 309 g/mol. The monoisotopic (exact) mass is 308 g/mol. The summed E-state index contributed by atoms with van der Waals surface area (Å²) >= 11 is 6.22. The molecule has 0 aliphatic carbocycles. The van der Waals surface area contributed by atoms with E-state index in [9.17, 15) is 0 Å². The van der Waals surface area contributed by atoms with E-state index in [-0.39, 0.29) is 6.10 Å². The van der Waals surface area contributed by atoms with Gasteiger partial charge in [-0.25, -0.2) is 0 Å². The third-order valence-electron chi connectivity index (χ3n) is 3.57. The smallest absolute Gasteiger partial charge is 0.108 e. The molecule has 0 saturated heterocycles. The molecular formula is C20H17ClO. The van der Waals surface area contributed by atoms with Gasteiger partial charge < -0.3 is 4.74 Å². The van der Waals surface area contributed by atoms with Crippen LogP contribution in [0.1, 0.15) is 22.8 Å². The summed E-state index contributed by atoms with van der Waals surface area (Å²) < 4.78 is 6.20. The molecule has 0 atom stereocenters. The standard InChI is InChI=1S/C20H17ClO/c21-19-14-8-7-13-18(19)15-22-20(16-9-3-1-4-10-16)17-11-5-2-6-12-17/h1-14,20H,15H2. The maximum atomic E-state index is 6.22. The highest BCUT2D eigenvalue weighted by Gasteiger charge is 2.14. The van der Waals surface area contributed by atoms with Crippen LogP contribution in [-0.4, -0.2) is 0 Å². The fourth-order valence-corrected chi connectivity index (χ4v) is 2.62. The van der Waals surface area contributed by atoms with Crippen LogP contribution in [0, 0.1) is 0 Å². The Morgan fingerprint density at radius 3 is 1.73 bits per heavy atom. The second-order valence-corrected chi connectivity index (χ2v) is 5.51. The molecule has 1 nitrogen and oxygen atoms in total. The first kappa shape index (κ1) is 14.8. The highest BCUT2D eigenvalue weighted by Crippen LogP contribution is 2.28. The van der Waals surface area contributed by atoms with E-state index in [2.05, 4.69) is 24.3 Å². The maximum absolute atomic E-state index is 6.22. The lowest BCUT2D eigenvalue weighted by molar-refractivity contribution is 0.0668. The molecule has 0 aromatic heterocycles. The number of hydrogen-bond donors (Lipinski definition) is 0. The molecule has 3 rings (SSSR count). The Labute approximate surface area is 136 Å². The zero-order valence-electron chi connectivity index (χ0n) is 12.2. The van der Waals surface area contributed by atoms with Crippen LogP contribution in [0.4, 0.5) is 0 Å². The van der Waals surface area contributed by atoms with Gasteiger partial charge >= 0.3 is 0 Å². The molecule has 0 saturated carbocycles. The van der Waals surface area contributed by atoms with E-state index in [1.54, 1.807) is 0 Å². The highest BCUT2D eigenvalue weighted by molar-refractivity contribution is 6.31. The van der Waals surface area contributed by atoms with E-state index >= 15 is 0 Å². The van der Waals surface area contributed by atoms with Crippen LogP contribution in [0.25, 0.3) is 0 Å². The Morgan fingerprint density at radius 2 is 1.18 bits per heavy atom. The van der Waals surface area contributed by atoms with E-state index in [4.69, 9.17) is 16.3 Å². The molecule has 0 aliphatic heterocycles. The molecule has 0 spiro atoms. The Balaban J connectivity index is 1.85. The minimum absolute atomic E-state index is 0.0985. The van der Waals surface area contributed by atoms with Gasteiger partial charge in [-0.1, -0.05) is 90.5 Å². The van der Waals surface area contributed by atoms with Crippen molar-refractivity contribution in [3.8, 4) is 0 Å². The quantitative estimate of drug-likeness (QED) is 0.592. The normalized spacial score (nSPS) is 10.8. The number of halogens is 1. The highest BCUT2D eigenvalue weighted by atomic mass is 35.5. The van der Waals surface area contributed by atoms with Crippen molar-refractivity contribution >= 4 is 11.6 Å². The van der Waals surface area contributed by atoms with Gasteiger partial charge in [0.1, 0.15) is 6.10 Å². The molecule has 22 heavy (non-hydrogen) atoms. The lowest BCUT2D eigenvalue weighted by Crippen LogP contribution is -2.06. The average Bonchev–Trinajstić information content (AvgIpc) is 2.59. The minimum atomic E-state index is -0.0985. The Kier molecular flexibility index (Phi) is 4.89. The van der Waals surface area contributed by atoms with Gasteiger partial charge in [0, 0.05) is 5.02 Å². The first-order valence-corrected chi connectivity index (χ1v) is 7.67. The summed E-state index contributed by atoms with van der Waals surface area (Å²) in [6.45, 7) is 0.480. The summed E-state index contributed by atoms with van der Waals surface area (Å²) in [4.78, 5) is 0. The third-order valence-corrected chi connectivity index (χ3v) is 3.94. The van der Waals surface area contributed by atoms with Gasteiger partial charge in [0.25, 0.3) is 0 Å². The first-order valence-electron chi connectivity index (χ1n) is 7.29. The molecule has 0 amide bonds. The van der Waals surface area contributed by atoms with Crippen molar-refractivity contribution in [2.45, 2.75) is 12.7 Å². The van der Waals surface area contributed by atoms with Gasteiger partial charge in [-0.15, -0.1) is 0 Å². The molecular weight excluding hydrogens is 292 g/mol. The number of hydrogen-bond acceptors (Lipinski definition) is 1. The molecule has 0 heterocycles. The van der Waals surface area contributed by atoms with Crippen LogP contribution in [0.5, 0.6) is 0 Å². The van der Waals surface area contributed by atoms with E-state index in [0.29, 0.717) is 6.61 Å². The van der Waals surface area contributed by atoms with Crippen LogP contribution in [0.2, 0.25) is 5.02 Å². The lowest BCUT2D eigenvalue weighted by Gasteiger charge is -2.19. The minimum Gasteiger partial charge on any atom is -0.364 e. The number of ether oxygens (including phenoxy) is 1. The summed E-state index contributed by atoms with van der Waals surface area (Å²) in [5.74, 6) is 0. The summed E-state index contributed by atoms with van der Waals surface area (Å²) in [6.07, 6.45) is -0.0985. The van der Waals surface area contributed by atoms with Crippen molar-refractivity contribution in [2.24, 2.45) is 0 Å². The van der Waals surface area contributed by atoms with E-state index in [1.165, 1.54) is 0 Å². The predicted molar refractivity (Wildman–Crippen MR) is 91.0 cm³/mol. The Hall–Kier alpha value is -2.09. The predicted octanol–water partition coefficient (Wildman–Crippen LogP) is 5.65. The number of rotatable bonds is 5. The molecule has 0 fully saturated rings. The topological polar surface area (TPSA) is 9.23 Å². The van der Waals surface area contributed by atoms with E-state index in [0.717, 1.165) is 21.7 Å². The molecule has 3 aromatic carbocycles. The molecule has 0 aliphatic rings. The van der Waals surface area contributed by atoms with Crippen LogP contribution in [0.3, 0.4) is 0 Å². The maximum Gasteiger partial charge on any atom is 0.108 e. The Bertz CT molecular complexity index is 671. The van der Waals surface area contributed by atoms with Gasteiger partial charge in [0.15, 0.2) is 0 Å². The Morgan fingerprint density at radius 1 is 0.682 bits per heavy atom. The molecule has 3 aromatic rings. The first-order chi connectivity index (χ1) is 10.8. The van der Waals surface area contributed by atoms with Crippen molar-refractivity contribution in [2.75, 3.05) is 0 Å². The molecule has 0 unspecified atom stereocenters. The zero-order valence-corrected chi connectivity index (χ0v) is 12.9. The van der Waals surface area contributed by atoms with Crippen LogP contribution >= 0.6 is 11.6 Å². The fraction of sp³-hybridized carbons (Fsp3) is 0.100. The fourth-order valence-electron chi connectivity index (χ4n) is 2.43. The lowest BCUT2D eigenvalue weighted by atomic mass is 10.0. The second-order valence-electron chi connectivity index (χ2n) is 5.10. The third kappa shape index (κ3) is 3.56. The molecule has 2 heteroatoms. The SMILES string of the molecule is Clc1ccccc1COC(c1ccccc1)c1ccccc1. The molecule has 0 radical (unpaired) electrons. The van der Waals surface area contributed by atoms with Crippen molar-refractivity contribution < 1.29 is 4.74 Å². The number of benzene rings is 3. The second kappa shape index (κ2) is 7.26. The zero-order chi connectivity index (χ0) is 15.2. The summed E-state index contributed by atoms with van der Waals surface area (Å²) in [5.41, 5.74) is 3.28. The largest absolute Gasteiger partial charge is 0.364 e.